The summed E-state index contributed by atoms with van der Waals surface area (Å²) in [6.45, 7) is 3.13. The van der Waals surface area contributed by atoms with Gasteiger partial charge in [0.25, 0.3) is 0 Å². The Balaban J connectivity index is 2.65. The van der Waals surface area contributed by atoms with Gasteiger partial charge in [-0.25, -0.2) is 4.79 Å². The first-order valence-corrected chi connectivity index (χ1v) is 7.04. The van der Waals surface area contributed by atoms with Crippen LogP contribution in [0.2, 0.25) is 0 Å². The number of aliphatic hydroxyl groups excluding tert-OH is 1. The number of rotatable bonds is 8. The van der Waals surface area contributed by atoms with Crippen LogP contribution in [0.4, 0.5) is 10.5 Å². The monoisotopic (exact) mass is 290 g/mol. The fraction of sp³-hybridized carbons (Fsp3) is 0.438. The lowest BCUT2D eigenvalue weighted by Gasteiger charge is -2.22. The summed E-state index contributed by atoms with van der Waals surface area (Å²) in [7, 11) is 0. The number of ether oxygens (including phenoxy) is 1. The Kier molecular flexibility index (Phi) is 7.77. The summed E-state index contributed by atoms with van der Waals surface area (Å²) in [6, 6.07) is 6.81. The van der Waals surface area contributed by atoms with Crippen LogP contribution in [-0.2, 0) is 0 Å². The quantitative estimate of drug-likeness (QED) is 0.722. The van der Waals surface area contributed by atoms with Gasteiger partial charge in [-0.2, -0.15) is 0 Å². The van der Waals surface area contributed by atoms with E-state index in [0.717, 1.165) is 12.8 Å². The molecule has 0 aliphatic rings. The van der Waals surface area contributed by atoms with E-state index >= 15 is 0 Å². The molecule has 0 aliphatic carbocycles. The number of unbranched alkanes of at least 4 members (excludes halogenated alkanes) is 1. The van der Waals surface area contributed by atoms with Crippen molar-refractivity contribution in [3.63, 3.8) is 0 Å². The number of terminal acetylenes is 1. The Hall–Kier alpha value is -2.19. The number of benzene rings is 1. The van der Waals surface area contributed by atoms with Crippen LogP contribution < -0.4 is 10.1 Å². The summed E-state index contributed by atoms with van der Waals surface area (Å²) in [4.78, 5) is 13.8. The van der Waals surface area contributed by atoms with E-state index in [1.54, 1.807) is 29.2 Å². The van der Waals surface area contributed by atoms with Gasteiger partial charge in [0.05, 0.1) is 6.61 Å². The van der Waals surface area contributed by atoms with E-state index in [0.29, 0.717) is 24.5 Å². The molecule has 0 saturated carbocycles. The van der Waals surface area contributed by atoms with Gasteiger partial charge in [0.15, 0.2) is 0 Å². The average Bonchev–Trinajstić information content (AvgIpc) is 2.49. The second-order valence-electron chi connectivity index (χ2n) is 4.51. The lowest BCUT2D eigenvalue weighted by Crippen LogP contribution is -2.37. The van der Waals surface area contributed by atoms with E-state index < -0.39 is 0 Å². The molecule has 0 radical (unpaired) electrons. The van der Waals surface area contributed by atoms with Crippen LogP contribution >= 0.6 is 0 Å². The number of hydrogen-bond donors (Lipinski definition) is 2. The molecular weight excluding hydrogens is 268 g/mol. The standard InChI is InChI=1S/C16H22N2O3/c1-3-5-9-18(10-11-19)16(20)17-14-7-6-8-15(13-14)21-12-4-2/h2,6-8,13,19H,3,5,9-12H2,1H3,(H,17,20). The third kappa shape index (κ3) is 6.19. The van der Waals surface area contributed by atoms with Gasteiger partial charge in [-0.05, 0) is 18.6 Å². The lowest BCUT2D eigenvalue weighted by atomic mass is 10.3. The van der Waals surface area contributed by atoms with Gasteiger partial charge in [0.1, 0.15) is 12.4 Å². The molecule has 1 aromatic rings. The van der Waals surface area contributed by atoms with Crippen molar-refractivity contribution in [2.75, 3.05) is 31.6 Å². The van der Waals surface area contributed by atoms with Crippen LogP contribution in [-0.4, -0.2) is 42.3 Å². The zero-order valence-electron chi connectivity index (χ0n) is 12.3. The average molecular weight is 290 g/mol. The largest absolute Gasteiger partial charge is 0.481 e. The zero-order valence-corrected chi connectivity index (χ0v) is 12.3. The molecule has 2 amide bonds. The first-order chi connectivity index (χ1) is 10.2. The minimum atomic E-state index is -0.230. The van der Waals surface area contributed by atoms with Crippen molar-refractivity contribution in [2.45, 2.75) is 19.8 Å². The molecule has 0 spiro atoms. The van der Waals surface area contributed by atoms with Crippen molar-refractivity contribution in [1.29, 1.82) is 0 Å². The Bertz CT molecular complexity index is 483. The van der Waals surface area contributed by atoms with Crippen LogP contribution in [0.3, 0.4) is 0 Å². The van der Waals surface area contributed by atoms with Crippen LogP contribution in [0.5, 0.6) is 5.75 Å². The van der Waals surface area contributed by atoms with Gasteiger partial charge in [-0.15, -0.1) is 6.42 Å². The molecule has 5 heteroatoms. The molecule has 0 fully saturated rings. The van der Waals surface area contributed by atoms with Gasteiger partial charge in [-0.1, -0.05) is 25.3 Å². The number of carbonyl (C=O) groups is 1. The second kappa shape index (κ2) is 9.67. The van der Waals surface area contributed by atoms with Crippen molar-refractivity contribution < 1.29 is 14.6 Å². The Morgan fingerprint density at radius 1 is 1.48 bits per heavy atom. The highest BCUT2D eigenvalue weighted by atomic mass is 16.5. The lowest BCUT2D eigenvalue weighted by molar-refractivity contribution is 0.187. The molecule has 0 bridgehead atoms. The van der Waals surface area contributed by atoms with E-state index in [9.17, 15) is 4.79 Å². The third-order valence-corrected chi connectivity index (χ3v) is 2.85. The first kappa shape index (κ1) is 16.9. The number of carbonyl (C=O) groups excluding carboxylic acids is 1. The fourth-order valence-corrected chi connectivity index (χ4v) is 1.78. The van der Waals surface area contributed by atoms with Crippen molar-refractivity contribution in [3.8, 4) is 18.1 Å². The maximum Gasteiger partial charge on any atom is 0.321 e. The maximum absolute atomic E-state index is 12.2. The molecule has 0 aliphatic heterocycles. The summed E-state index contributed by atoms with van der Waals surface area (Å²) in [5.74, 6) is 2.99. The first-order valence-electron chi connectivity index (χ1n) is 7.04. The van der Waals surface area contributed by atoms with E-state index in [1.807, 2.05) is 0 Å². The maximum atomic E-state index is 12.2. The summed E-state index contributed by atoms with van der Waals surface area (Å²) in [5, 5.41) is 11.8. The Morgan fingerprint density at radius 3 is 2.95 bits per heavy atom. The summed E-state index contributed by atoms with van der Waals surface area (Å²) in [5.41, 5.74) is 0.633. The van der Waals surface area contributed by atoms with Crippen molar-refractivity contribution in [3.05, 3.63) is 24.3 Å². The number of hydrogen-bond acceptors (Lipinski definition) is 3. The highest BCUT2D eigenvalue weighted by molar-refractivity contribution is 5.89. The van der Waals surface area contributed by atoms with Crippen molar-refractivity contribution in [2.24, 2.45) is 0 Å². The Labute approximate surface area is 125 Å². The van der Waals surface area contributed by atoms with Gasteiger partial charge in [0, 0.05) is 24.8 Å². The number of amides is 2. The number of urea groups is 1. The molecule has 2 N–H and O–H groups in total. The molecule has 0 atom stereocenters. The van der Waals surface area contributed by atoms with Gasteiger partial charge < -0.3 is 20.1 Å². The molecule has 0 saturated heterocycles. The van der Waals surface area contributed by atoms with Crippen LogP contribution in [0.25, 0.3) is 0 Å². The van der Waals surface area contributed by atoms with E-state index in [2.05, 4.69) is 18.2 Å². The minimum absolute atomic E-state index is 0.0531. The predicted molar refractivity (Wildman–Crippen MR) is 83.4 cm³/mol. The molecule has 5 nitrogen and oxygen atoms in total. The van der Waals surface area contributed by atoms with Gasteiger partial charge >= 0.3 is 6.03 Å². The molecular formula is C16H22N2O3. The van der Waals surface area contributed by atoms with Crippen LogP contribution in [0.1, 0.15) is 19.8 Å². The molecule has 114 valence electrons. The third-order valence-electron chi connectivity index (χ3n) is 2.85. The van der Waals surface area contributed by atoms with Crippen molar-refractivity contribution in [1.82, 2.24) is 4.90 Å². The van der Waals surface area contributed by atoms with Crippen LogP contribution in [0.15, 0.2) is 24.3 Å². The van der Waals surface area contributed by atoms with Gasteiger partial charge in [0.2, 0.25) is 0 Å². The smallest absolute Gasteiger partial charge is 0.321 e. The molecule has 0 heterocycles. The molecule has 21 heavy (non-hydrogen) atoms. The predicted octanol–water partition coefficient (Wildman–Crippen LogP) is 2.32. The summed E-state index contributed by atoms with van der Waals surface area (Å²) >= 11 is 0. The number of nitrogens with zero attached hydrogens (tertiary/aromatic N) is 1. The molecule has 0 aromatic heterocycles. The second-order valence-corrected chi connectivity index (χ2v) is 4.51. The highest BCUT2D eigenvalue weighted by Crippen LogP contribution is 2.17. The van der Waals surface area contributed by atoms with Gasteiger partial charge in [-0.3, -0.25) is 0 Å². The number of aliphatic hydroxyl groups is 1. The van der Waals surface area contributed by atoms with E-state index in [-0.39, 0.29) is 19.2 Å². The normalized spacial score (nSPS) is 9.76. The SMILES string of the molecule is C#CCOc1cccc(NC(=O)N(CCO)CCCC)c1. The zero-order chi connectivity index (χ0) is 15.5. The number of nitrogens with one attached hydrogen (secondary N) is 1. The molecule has 1 aromatic carbocycles. The Morgan fingerprint density at radius 2 is 2.29 bits per heavy atom. The minimum Gasteiger partial charge on any atom is -0.481 e. The van der Waals surface area contributed by atoms with E-state index in [4.69, 9.17) is 16.3 Å². The van der Waals surface area contributed by atoms with Crippen molar-refractivity contribution >= 4 is 11.7 Å². The number of anilines is 1. The summed E-state index contributed by atoms with van der Waals surface area (Å²) < 4.78 is 5.31. The highest BCUT2D eigenvalue weighted by Gasteiger charge is 2.12. The van der Waals surface area contributed by atoms with Crippen LogP contribution in [0, 0.1) is 12.3 Å². The molecule has 1 rings (SSSR count). The van der Waals surface area contributed by atoms with E-state index in [1.165, 1.54) is 0 Å². The summed E-state index contributed by atoms with van der Waals surface area (Å²) in [6.07, 6.45) is 7.03. The fourth-order valence-electron chi connectivity index (χ4n) is 1.78. The molecule has 0 unspecified atom stereocenters. The topological polar surface area (TPSA) is 61.8 Å².